The number of nitrogens with zero attached hydrogens (tertiary/aromatic N) is 3. The minimum Gasteiger partial charge on any atom is -0.464 e. The second-order valence-corrected chi connectivity index (χ2v) is 5.23. The van der Waals surface area contributed by atoms with Gasteiger partial charge in [0.1, 0.15) is 11.4 Å². The Morgan fingerprint density at radius 3 is 2.57 bits per heavy atom. The standard InChI is InChI=1S/C15H17N3O3/c1-16-6-8-17(9-7-16)13-5-4-12(11-14(13)18(19)20)15-3-2-10-21-15/h2-5,10-11H,6-9H2,1H3. The fourth-order valence-electron chi connectivity index (χ4n) is 2.58. The van der Waals surface area contributed by atoms with Crippen LogP contribution >= 0.6 is 0 Å². The first kappa shape index (κ1) is 13.6. The molecule has 1 aromatic carbocycles. The number of nitro benzene ring substituents is 1. The van der Waals surface area contributed by atoms with Crippen molar-refractivity contribution in [3.8, 4) is 11.3 Å². The smallest absolute Gasteiger partial charge is 0.293 e. The zero-order valence-electron chi connectivity index (χ0n) is 11.9. The lowest BCUT2D eigenvalue weighted by atomic mass is 10.1. The van der Waals surface area contributed by atoms with E-state index in [2.05, 4.69) is 16.8 Å². The van der Waals surface area contributed by atoms with Crippen LogP contribution in [0.15, 0.2) is 41.0 Å². The summed E-state index contributed by atoms with van der Waals surface area (Å²) in [6.45, 7) is 3.43. The number of anilines is 1. The predicted octanol–water partition coefficient (Wildman–Crippen LogP) is 2.61. The van der Waals surface area contributed by atoms with Crippen molar-refractivity contribution in [3.63, 3.8) is 0 Å². The van der Waals surface area contributed by atoms with Crippen molar-refractivity contribution < 1.29 is 9.34 Å². The molecule has 2 heterocycles. The summed E-state index contributed by atoms with van der Waals surface area (Å²) < 4.78 is 5.31. The Morgan fingerprint density at radius 2 is 1.95 bits per heavy atom. The van der Waals surface area contributed by atoms with Gasteiger partial charge in [-0.2, -0.15) is 0 Å². The van der Waals surface area contributed by atoms with Gasteiger partial charge in [-0.05, 0) is 31.3 Å². The number of piperazine rings is 1. The molecule has 0 bridgehead atoms. The van der Waals surface area contributed by atoms with E-state index in [0.29, 0.717) is 11.4 Å². The quantitative estimate of drug-likeness (QED) is 0.641. The zero-order valence-corrected chi connectivity index (χ0v) is 11.9. The predicted molar refractivity (Wildman–Crippen MR) is 80.5 cm³/mol. The molecule has 1 saturated heterocycles. The number of benzene rings is 1. The van der Waals surface area contributed by atoms with Crippen LogP contribution in [-0.2, 0) is 0 Å². The van der Waals surface area contributed by atoms with Crippen molar-refractivity contribution in [2.24, 2.45) is 0 Å². The van der Waals surface area contributed by atoms with Gasteiger partial charge in [-0.3, -0.25) is 10.1 Å². The highest BCUT2D eigenvalue weighted by molar-refractivity contribution is 5.72. The molecule has 0 spiro atoms. The van der Waals surface area contributed by atoms with Gasteiger partial charge in [-0.25, -0.2) is 0 Å². The summed E-state index contributed by atoms with van der Waals surface area (Å²) in [7, 11) is 2.06. The fourth-order valence-corrected chi connectivity index (χ4v) is 2.58. The molecule has 0 saturated carbocycles. The number of hydrogen-bond acceptors (Lipinski definition) is 5. The van der Waals surface area contributed by atoms with E-state index in [1.165, 1.54) is 0 Å². The summed E-state index contributed by atoms with van der Waals surface area (Å²) in [6, 6.07) is 8.86. The Bertz CT molecular complexity index is 632. The highest BCUT2D eigenvalue weighted by Gasteiger charge is 2.23. The van der Waals surface area contributed by atoms with Gasteiger partial charge in [0, 0.05) is 37.8 Å². The summed E-state index contributed by atoms with van der Waals surface area (Å²) in [6.07, 6.45) is 1.57. The number of furan rings is 1. The maximum atomic E-state index is 11.4. The van der Waals surface area contributed by atoms with Gasteiger partial charge in [-0.1, -0.05) is 0 Å². The average molecular weight is 287 g/mol. The number of rotatable bonds is 3. The van der Waals surface area contributed by atoms with Gasteiger partial charge < -0.3 is 14.2 Å². The van der Waals surface area contributed by atoms with E-state index < -0.39 is 0 Å². The molecule has 1 aromatic heterocycles. The van der Waals surface area contributed by atoms with E-state index in [4.69, 9.17) is 4.42 Å². The van der Waals surface area contributed by atoms with Crippen molar-refractivity contribution in [1.82, 2.24) is 4.90 Å². The maximum Gasteiger partial charge on any atom is 0.293 e. The first-order valence-electron chi connectivity index (χ1n) is 6.91. The van der Waals surface area contributed by atoms with Crippen LogP contribution < -0.4 is 4.90 Å². The summed E-state index contributed by atoms with van der Waals surface area (Å²) >= 11 is 0. The Kier molecular flexibility index (Phi) is 3.62. The monoisotopic (exact) mass is 287 g/mol. The van der Waals surface area contributed by atoms with Crippen LogP contribution in [0.2, 0.25) is 0 Å². The Hall–Kier alpha value is -2.34. The third-order valence-corrected chi connectivity index (χ3v) is 3.82. The molecule has 0 unspecified atom stereocenters. The number of hydrogen-bond donors (Lipinski definition) is 0. The topological polar surface area (TPSA) is 62.8 Å². The van der Waals surface area contributed by atoms with Crippen molar-refractivity contribution in [2.75, 3.05) is 38.1 Å². The van der Waals surface area contributed by atoms with E-state index in [9.17, 15) is 10.1 Å². The molecule has 0 N–H and O–H groups in total. The van der Waals surface area contributed by atoms with Crippen LogP contribution in [-0.4, -0.2) is 43.0 Å². The average Bonchev–Trinajstić information content (AvgIpc) is 3.02. The van der Waals surface area contributed by atoms with Gasteiger partial charge in [0.25, 0.3) is 5.69 Å². The molecule has 1 aliphatic heterocycles. The first-order chi connectivity index (χ1) is 10.1. The zero-order chi connectivity index (χ0) is 14.8. The largest absolute Gasteiger partial charge is 0.464 e. The SMILES string of the molecule is CN1CCN(c2ccc(-c3ccco3)cc2[N+](=O)[O-])CC1. The number of likely N-dealkylation sites (N-methyl/N-ethyl adjacent to an activating group) is 1. The highest BCUT2D eigenvalue weighted by Crippen LogP contribution is 2.33. The Morgan fingerprint density at radius 1 is 1.19 bits per heavy atom. The van der Waals surface area contributed by atoms with E-state index >= 15 is 0 Å². The maximum absolute atomic E-state index is 11.4. The lowest BCUT2D eigenvalue weighted by Gasteiger charge is -2.33. The second kappa shape index (κ2) is 5.57. The molecule has 6 heteroatoms. The van der Waals surface area contributed by atoms with E-state index in [0.717, 1.165) is 31.7 Å². The van der Waals surface area contributed by atoms with Crippen LogP contribution in [0.5, 0.6) is 0 Å². The summed E-state index contributed by atoms with van der Waals surface area (Å²) in [5, 5.41) is 11.4. The summed E-state index contributed by atoms with van der Waals surface area (Å²) in [5.41, 5.74) is 1.54. The fraction of sp³-hybridized carbons (Fsp3) is 0.333. The first-order valence-corrected chi connectivity index (χ1v) is 6.91. The van der Waals surface area contributed by atoms with E-state index in [-0.39, 0.29) is 10.6 Å². The van der Waals surface area contributed by atoms with E-state index in [1.54, 1.807) is 24.5 Å². The van der Waals surface area contributed by atoms with Crippen LogP contribution in [0.25, 0.3) is 11.3 Å². The third-order valence-electron chi connectivity index (χ3n) is 3.82. The van der Waals surface area contributed by atoms with E-state index in [1.807, 2.05) is 12.1 Å². The molecule has 2 aromatic rings. The summed E-state index contributed by atoms with van der Waals surface area (Å²) in [4.78, 5) is 15.4. The Balaban J connectivity index is 1.95. The second-order valence-electron chi connectivity index (χ2n) is 5.23. The molecular weight excluding hydrogens is 270 g/mol. The molecule has 0 amide bonds. The lowest BCUT2D eigenvalue weighted by molar-refractivity contribution is -0.384. The molecule has 0 aliphatic carbocycles. The summed E-state index contributed by atoms with van der Waals surface area (Å²) in [5.74, 6) is 0.642. The molecule has 0 radical (unpaired) electrons. The minimum atomic E-state index is -0.319. The molecule has 1 aliphatic rings. The van der Waals surface area contributed by atoms with Gasteiger partial charge in [-0.15, -0.1) is 0 Å². The molecule has 110 valence electrons. The van der Waals surface area contributed by atoms with Gasteiger partial charge >= 0.3 is 0 Å². The van der Waals surface area contributed by atoms with Crippen molar-refractivity contribution >= 4 is 11.4 Å². The van der Waals surface area contributed by atoms with Gasteiger partial charge in [0.15, 0.2) is 0 Å². The lowest BCUT2D eigenvalue weighted by Crippen LogP contribution is -2.44. The van der Waals surface area contributed by atoms with Crippen LogP contribution in [0.3, 0.4) is 0 Å². The van der Waals surface area contributed by atoms with Crippen LogP contribution in [0.1, 0.15) is 0 Å². The molecule has 0 atom stereocenters. The normalized spacial score (nSPS) is 16.1. The minimum absolute atomic E-state index is 0.133. The van der Waals surface area contributed by atoms with Gasteiger partial charge in [0.05, 0.1) is 11.2 Å². The van der Waals surface area contributed by atoms with Gasteiger partial charge in [0.2, 0.25) is 0 Å². The van der Waals surface area contributed by atoms with Crippen molar-refractivity contribution in [3.05, 3.63) is 46.7 Å². The molecule has 21 heavy (non-hydrogen) atoms. The molecule has 3 rings (SSSR count). The number of nitro groups is 1. The molecule has 6 nitrogen and oxygen atoms in total. The molecular formula is C15H17N3O3. The molecule has 1 fully saturated rings. The van der Waals surface area contributed by atoms with Crippen molar-refractivity contribution in [1.29, 1.82) is 0 Å². The van der Waals surface area contributed by atoms with Crippen molar-refractivity contribution in [2.45, 2.75) is 0 Å². The highest BCUT2D eigenvalue weighted by atomic mass is 16.6. The third kappa shape index (κ3) is 2.75. The van der Waals surface area contributed by atoms with Crippen LogP contribution in [0.4, 0.5) is 11.4 Å². The van der Waals surface area contributed by atoms with Crippen LogP contribution in [0, 0.1) is 10.1 Å². The Labute approximate surface area is 122 Å².